The van der Waals surface area contributed by atoms with Gasteiger partial charge in [-0.3, -0.25) is 14.2 Å². The molecule has 4 aromatic rings. The molecule has 0 aliphatic heterocycles. The summed E-state index contributed by atoms with van der Waals surface area (Å²) in [6.45, 7) is 3.75. The second-order valence-electron chi connectivity index (χ2n) is 6.80. The minimum atomic E-state index is -0.302. The molecule has 7 nitrogen and oxygen atoms in total. The first kappa shape index (κ1) is 17.8. The van der Waals surface area contributed by atoms with Crippen LogP contribution in [0, 0.1) is 13.8 Å². The molecule has 2 heterocycles. The zero-order chi connectivity index (χ0) is 19.8. The number of fused-ring (bicyclic) bond motifs is 3. The zero-order valence-corrected chi connectivity index (χ0v) is 15.9. The fourth-order valence-electron chi connectivity index (χ4n) is 3.26. The van der Waals surface area contributed by atoms with Gasteiger partial charge in [-0.1, -0.05) is 11.6 Å². The van der Waals surface area contributed by atoms with Crippen molar-refractivity contribution in [2.24, 2.45) is 0 Å². The number of nitrogens with one attached hydrogen (secondary N) is 2. The molecule has 0 spiro atoms. The van der Waals surface area contributed by atoms with Crippen LogP contribution in [0.2, 0.25) is 0 Å². The van der Waals surface area contributed by atoms with Crippen molar-refractivity contribution in [3.05, 3.63) is 64.2 Å². The molecule has 1 amide bonds. The van der Waals surface area contributed by atoms with Crippen molar-refractivity contribution in [3.63, 3.8) is 0 Å². The number of hydrogen-bond donors (Lipinski definition) is 2. The second kappa shape index (κ2) is 6.84. The van der Waals surface area contributed by atoms with Gasteiger partial charge < -0.3 is 15.0 Å². The smallest absolute Gasteiger partial charge is 0.278 e. The maximum absolute atomic E-state index is 12.8. The van der Waals surface area contributed by atoms with Crippen LogP contribution in [0.1, 0.15) is 11.1 Å². The number of carbonyl (C=O) groups excluding carboxylic acids is 1. The van der Waals surface area contributed by atoms with Gasteiger partial charge in [0.15, 0.2) is 0 Å². The van der Waals surface area contributed by atoms with Crippen LogP contribution in [0.3, 0.4) is 0 Å². The summed E-state index contributed by atoms with van der Waals surface area (Å²) in [5.74, 6) is 0.416. The van der Waals surface area contributed by atoms with Gasteiger partial charge in [-0.15, -0.1) is 0 Å². The lowest BCUT2D eigenvalue weighted by molar-refractivity contribution is -0.116. The Hall–Kier alpha value is -3.61. The summed E-state index contributed by atoms with van der Waals surface area (Å²) in [5, 5.41) is 3.73. The van der Waals surface area contributed by atoms with Crippen molar-refractivity contribution in [3.8, 4) is 5.75 Å². The van der Waals surface area contributed by atoms with E-state index >= 15 is 0 Å². The monoisotopic (exact) mass is 376 g/mol. The standard InChI is InChI=1S/C21H20N4O3/c1-12-4-6-17-15(8-12)19-20(24-17)21(27)25(11-22-19)10-18(26)23-16-7-5-14(28-3)9-13(16)2/h4-9,11,24H,10H2,1-3H3,(H,23,26). The highest BCUT2D eigenvalue weighted by Gasteiger charge is 2.13. The fourth-order valence-corrected chi connectivity index (χ4v) is 3.26. The topological polar surface area (TPSA) is 89.0 Å². The normalized spacial score (nSPS) is 11.1. The summed E-state index contributed by atoms with van der Waals surface area (Å²) in [7, 11) is 1.59. The molecular formula is C21H20N4O3. The SMILES string of the molecule is COc1ccc(NC(=O)Cn2cnc3c([nH]c4ccc(C)cc43)c2=O)c(C)c1. The number of anilines is 1. The number of ether oxygens (including phenoxy) is 1. The summed E-state index contributed by atoms with van der Waals surface area (Å²) in [6.07, 6.45) is 1.42. The van der Waals surface area contributed by atoms with E-state index in [0.29, 0.717) is 16.7 Å². The van der Waals surface area contributed by atoms with Crippen molar-refractivity contribution < 1.29 is 9.53 Å². The molecule has 0 unspecified atom stereocenters. The van der Waals surface area contributed by atoms with Crippen LogP contribution in [-0.4, -0.2) is 27.6 Å². The number of hydrogen-bond acceptors (Lipinski definition) is 4. The Labute approximate surface area is 161 Å². The van der Waals surface area contributed by atoms with Crippen LogP contribution in [0.15, 0.2) is 47.5 Å². The third-order valence-electron chi connectivity index (χ3n) is 4.75. The lowest BCUT2D eigenvalue weighted by Crippen LogP contribution is -2.28. The van der Waals surface area contributed by atoms with E-state index in [1.165, 1.54) is 10.9 Å². The van der Waals surface area contributed by atoms with Crippen LogP contribution in [0.4, 0.5) is 5.69 Å². The maximum Gasteiger partial charge on any atom is 0.278 e. The van der Waals surface area contributed by atoms with Crippen molar-refractivity contribution in [1.29, 1.82) is 0 Å². The van der Waals surface area contributed by atoms with Gasteiger partial charge in [-0.2, -0.15) is 0 Å². The number of benzene rings is 2. The summed E-state index contributed by atoms with van der Waals surface area (Å²) >= 11 is 0. The number of aryl methyl sites for hydroxylation is 2. The van der Waals surface area contributed by atoms with Crippen LogP contribution < -0.4 is 15.6 Å². The Kier molecular flexibility index (Phi) is 4.35. The molecule has 0 fully saturated rings. The lowest BCUT2D eigenvalue weighted by atomic mass is 10.2. The molecule has 2 N–H and O–H groups in total. The highest BCUT2D eigenvalue weighted by molar-refractivity contribution is 6.04. The van der Waals surface area contributed by atoms with E-state index in [1.807, 2.05) is 38.1 Å². The Morgan fingerprint density at radius 1 is 1.21 bits per heavy atom. The van der Waals surface area contributed by atoms with Crippen molar-refractivity contribution in [2.45, 2.75) is 20.4 Å². The second-order valence-corrected chi connectivity index (χ2v) is 6.80. The van der Waals surface area contributed by atoms with E-state index in [-0.39, 0.29) is 18.0 Å². The summed E-state index contributed by atoms with van der Waals surface area (Å²) in [6, 6.07) is 11.3. The Morgan fingerprint density at radius 3 is 2.79 bits per heavy atom. The first-order valence-corrected chi connectivity index (χ1v) is 8.88. The van der Waals surface area contributed by atoms with Crippen LogP contribution in [0.25, 0.3) is 21.9 Å². The van der Waals surface area contributed by atoms with Crippen LogP contribution >= 0.6 is 0 Å². The number of H-pyrrole nitrogens is 1. The summed E-state index contributed by atoms with van der Waals surface area (Å²) in [5.41, 5.74) is 4.23. The third kappa shape index (κ3) is 3.11. The molecule has 0 radical (unpaired) electrons. The molecule has 0 aliphatic rings. The van der Waals surface area contributed by atoms with E-state index in [4.69, 9.17) is 4.74 Å². The summed E-state index contributed by atoms with van der Waals surface area (Å²) < 4.78 is 6.47. The van der Waals surface area contributed by atoms with Crippen LogP contribution in [-0.2, 0) is 11.3 Å². The van der Waals surface area contributed by atoms with Gasteiger partial charge in [-0.25, -0.2) is 4.98 Å². The predicted octanol–water partition coefficient (Wildman–Crippen LogP) is 3.14. The molecule has 142 valence electrons. The Morgan fingerprint density at radius 2 is 2.04 bits per heavy atom. The number of aromatic amines is 1. The quantitative estimate of drug-likeness (QED) is 0.573. The van der Waals surface area contributed by atoms with E-state index < -0.39 is 0 Å². The number of methoxy groups -OCH3 is 1. The van der Waals surface area contributed by atoms with E-state index in [2.05, 4.69) is 15.3 Å². The molecule has 7 heteroatoms. The van der Waals surface area contributed by atoms with Crippen LogP contribution in [0.5, 0.6) is 5.75 Å². The zero-order valence-electron chi connectivity index (χ0n) is 15.9. The highest BCUT2D eigenvalue weighted by Crippen LogP contribution is 2.23. The molecular weight excluding hydrogens is 356 g/mol. The summed E-state index contributed by atoms with van der Waals surface area (Å²) in [4.78, 5) is 32.8. The van der Waals surface area contributed by atoms with E-state index in [1.54, 1.807) is 19.2 Å². The predicted molar refractivity (Wildman–Crippen MR) is 109 cm³/mol. The van der Waals surface area contributed by atoms with Gasteiger partial charge in [-0.05, 0) is 49.7 Å². The molecule has 2 aromatic carbocycles. The molecule has 0 saturated heterocycles. The molecule has 0 bridgehead atoms. The van der Waals surface area contributed by atoms with Gasteiger partial charge in [0.05, 0.1) is 13.4 Å². The van der Waals surface area contributed by atoms with Gasteiger partial charge in [0.2, 0.25) is 5.91 Å². The molecule has 4 rings (SSSR count). The van der Waals surface area contributed by atoms with Gasteiger partial charge >= 0.3 is 0 Å². The fraction of sp³-hybridized carbons (Fsp3) is 0.190. The van der Waals surface area contributed by atoms with Crippen molar-refractivity contribution in [1.82, 2.24) is 14.5 Å². The number of amides is 1. The molecule has 0 atom stereocenters. The number of nitrogens with zero attached hydrogens (tertiary/aromatic N) is 2. The number of rotatable bonds is 4. The first-order valence-electron chi connectivity index (χ1n) is 8.88. The van der Waals surface area contributed by atoms with Gasteiger partial charge in [0, 0.05) is 16.6 Å². The highest BCUT2D eigenvalue weighted by atomic mass is 16.5. The Balaban J connectivity index is 1.62. The van der Waals surface area contributed by atoms with Gasteiger partial charge in [0.1, 0.15) is 23.3 Å². The van der Waals surface area contributed by atoms with E-state index in [0.717, 1.165) is 27.8 Å². The average Bonchev–Trinajstić information content (AvgIpc) is 3.04. The van der Waals surface area contributed by atoms with Crippen molar-refractivity contribution >= 4 is 33.5 Å². The third-order valence-corrected chi connectivity index (χ3v) is 4.75. The lowest BCUT2D eigenvalue weighted by Gasteiger charge is -2.10. The minimum absolute atomic E-state index is 0.123. The first-order chi connectivity index (χ1) is 13.5. The van der Waals surface area contributed by atoms with Gasteiger partial charge in [0.25, 0.3) is 5.56 Å². The molecule has 2 aromatic heterocycles. The number of aromatic nitrogens is 3. The largest absolute Gasteiger partial charge is 0.497 e. The number of carbonyl (C=O) groups is 1. The molecule has 0 saturated carbocycles. The molecule has 0 aliphatic carbocycles. The minimum Gasteiger partial charge on any atom is -0.497 e. The van der Waals surface area contributed by atoms with E-state index in [9.17, 15) is 9.59 Å². The maximum atomic E-state index is 12.8. The van der Waals surface area contributed by atoms with Crippen molar-refractivity contribution in [2.75, 3.05) is 12.4 Å². The molecule has 28 heavy (non-hydrogen) atoms. The Bertz CT molecular complexity index is 1270. The average molecular weight is 376 g/mol.